The number of rotatable bonds is 10. The summed E-state index contributed by atoms with van der Waals surface area (Å²) in [5.74, 6) is -0.585. The Morgan fingerprint density at radius 2 is 1.70 bits per heavy atom. The number of anilines is 1. The first-order valence-electron chi connectivity index (χ1n) is 16.2. The molecule has 1 aliphatic carbocycles. The molecule has 0 spiro atoms. The maximum atomic E-state index is 14.9. The second-order valence-corrected chi connectivity index (χ2v) is 13.5. The van der Waals surface area contributed by atoms with Crippen molar-refractivity contribution in [2.24, 2.45) is 23.7 Å². The molecule has 4 fully saturated rings. The second kappa shape index (κ2) is 13.1. The summed E-state index contributed by atoms with van der Waals surface area (Å²) in [6, 6.07) is 11.2. The maximum absolute atomic E-state index is 14.9. The van der Waals surface area contributed by atoms with Crippen LogP contribution in [-0.2, 0) is 14.9 Å². The fraction of sp³-hybridized carbons (Fsp3) is 0.600. The molecule has 0 unspecified atom stereocenters. The van der Waals surface area contributed by atoms with E-state index < -0.39 is 11.6 Å². The lowest BCUT2D eigenvalue weighted by atomic mass is 9.56. The zero-order valence-corrected chi connectivity index (χ0v) is 25.6. The first-order valence-corrected chi connectivity index (χ1v) is 16.2. The quantitative estimate of drug-likeness (QED) is 0.321. The van der Waals surface area contributed by atoms with E-state index in [0.717, 1.165) is 89.1 Å². The van der Waals surface area contributed by atoms with E-state index in [0.29, 0.717) is 31.3 Å². The summed E-state index contributed by atoms with van der Waals surface area (Å²) >= 11 is 0. The number of likely N-dealkylation sites (tertiary alicyclic amines) is 2. The van der Waals surface area contributed by atoms with Crippen molar-refractivity contribution in [2.45, 2.75) is 50.4 Å². The van der Waals surface area contributed by atoms with Crippen molar-refractivity contribution in [1.29, 1.82) is 5.26 Å². The van der Waals surface area contributed by atoms with Crippen LogP contribution in [0.2, 0.25) is 0 Å². The SMILES string of the molecule is COC(=O)C[C@H]1CCC[C@@H]1[C@](CN1CCC1)(c1cccc(F)c1)C1CCN(CC2CN(c3c(F)cc(C#N)cc3F)C2)CC1. The minimum Gasteiger partial charge on any atom is -0.469 e. The highest BCUT2D eigenvalue weighted by molar-refractivity contribution is 5.69. The molecule has 0 radical (unpaired) electrons. The highest BCUT2D eigenvalue weighted by Gasteiger charge is 2.53. The number of nitrogens with zero attached hydrogens (tertiary/aromatic N) is 4. The molecule has 6 nitrogen and oxygen atoms in total. The number of carbonyl (C=O) groups excluding carboxylic acids is 1. The van der Waals surface area contributed by atoms with Gasteiger partial charge in [0.25, 0.3) is 0 Å². The number of methoxy groups -OCH3 is 1. The van der Waals surface area contributed by atoms with Gasteiger partial charge in [-0.05, 0) is 106 Å². The smallest absolute Gasteiger partial charge is 0.305 e. The lowest BCUT2D eigenvalue weighted by Gasteiger charge is -2.54. The van der Waals surface area contributed by atoms with Gasteiger partial charge in [-0.25, -0.2) is 13.2 Å². The van der Waals surface area contributed by atoms with Crippen LogP contribution in [0.3, 0.4) is 0 Å². The van der Waals surface area contributed by atoms with Gasteiger partial charge in [-0.3, -0.25) is 4.79 Å². The average Bonchev–Trinajstić information content (AvgIpc) is 3.43. The monoisotopic (exact) mass is 608 g/mol. The first-order chi connectivity index (χ1) is 21.3. The number of carbonyl (C=O) groups is 1. The third-order valence-electron chi connectivity index (χ3n) is 11.0. The van der Waals surface area contributed by atoms with Crippen molar-refractivity contribution >= 4 is 11.7 Å². The van der Waals surface area contributed by atoms with Crippen molar-refractivity contribution in [1.82, 2.24) is 9.80 Å². The number of halogens is 3. The molecule has 44 heavy (non-hydrogen) atoms. The Morgan fingerprint density at radius 3 is 2.32 bits per heavy atom. The molecule has 1 saturated carbocycles. The minimum atomic E-state index is -0.686. The van der Waals surface area contributed by atoms with Crippen LogP contribution in [0.5, 0.6) is 0 Å². The molecule has 3 saturated heterocycles. The molecule has 236 valence electrons. The third-order valence-corrected chi connectivity index (χ3v) is 11.0. The number of esters is 1. The third kappa shape index (κ3) is 6.08. The standard InChI is InChI=1S/C35H43F3N4O2/c1-44-33(43)17-26-5-2-8-30(26)35(23-41-11-4-12-41,28-6-3-7-29(36)18-28)27-9-13-40(14-10-27)20-25-21-42(22-25)34-31(37)15-24(19-39)16-32(34)38/h3,6-7,15-16,18,25-27,30H,2,4-5,8-14,17,20-23H2,1H3/t26-,30+,35+/m1/s1. The van der Waals surface area contributed by atoms with Crippen molar-refractivity contribution < 1.29 is 22.7 Å². The van der Waals surface area contributed by atoms with E-state index in [4.69, 9.17) is 10.00 Å². The molecule has 0 N–H and O–H groups in total. The normalized spacial score (nSPS) is 24.8. The summed E-state index contributed by atoms with van der Waals surface area (Å²) in [4.78, 5) is 19.2. The maximum Gasteiger partial charge on any atom is 0.305 e. The second-order valence-electron chi connectivity index (χ2n) is 13.5. The molecule has 3 heterocycles. The summed E-state index contributed by atoms with van der Waals surface area (Å²) in [7, 11) is 1.46. The predicted octanol–water partition coefficient (Wildman–Crippen LogP) is 5.75. The van der Waals surface area contributed by atoms with Crippen LogP contribution in [0.4, 0.5) is 18.9 Å². The van der Waals surface area contributed by atoms with Crippen molar-refractivity contribution in [3.05, 3.63) is 65.0 Å². The summed E-state index contributed by atoms with van der Waals surface area (Å²) in [6.45, 7) is 6.89. The van der Waals surface area contributed by atoms with Gasteiger partial charge in [0.15, 0.2) is 11.6 Å². The highest BCUT2D eigenvalue weighted by Crippen LogP contribution is 2.54. The van der Waals surface area contributed by atoms with E-state index >= 15 is 0 Å². The Balaban J connectivity index is 1.18. The van der Waals surface area contributed by atoms with Gasteiger partial charge in [-0.2, -0.15) is 5.26 Å². The fourth-order valence-electron chi connectivity index (χ4n) is 8.83. The summed E-state index contributed by atoms with van der Waals surface area (Å²) in [6.07, 6.45) is 6.67. The average molecular weight is 609 g/mol. The van der Waals surface area contributed by atoms with E-state index in [-0.39, 0.29) is 40.3 Å². The Morgan fingerprint density at radius 1 is 0.977 bits per heavy atom. The molecule has 2 aromatic carbocycles. The van der Waals surface area contributed by atoms with E-state index in [1.807, 2.05) is 6.07 Å². The molecule has 6 rings (SSSR count). The molecular formula is C35H43F3N4O2. The van der Waals surface area contributed by atoms with E-state index in [1.54, 1.807) is 17.0 Å². The fourth-order valence-corrected chi connectivity index (χ4v) is 8.83. The zero-order valence-electron chi connectivity index (χ0n) is 25.6. The van der Waals surface area contributed by atoms with Gasteiger partial charge in [0.1, 0.15) is 11.5 Å². The summed E-state index contributed by atoms with van der Waals surface area (Å²) in [5.41, 5.74) is 0.775. The molecule has 9 heteroatoms. The van der Waals surface area contributed by atoms with Crippen molar-refractivity contribution in [2.75, 3.05) is 64.4 Å². The Labute approximate surface area is 258 Å². The van der Waals surface area contributed by atoms with Gasteiger partial charge >= 0.3 is 5.97 Å². The Bertz CT molecular complexity index is 1360. The lowest BCUT2D eigenvalue weighted by molar-refractivity contribution is -0.142. The van der Waals surface area contributed by atoms with Crippen LogP contribution in [0.1, 0.15) is 56.1 Å². The number of nitriles is 1. The highest BCUT2D eigenvalue weighted by atomic mass is 19.1. The van der Waals surface area contributed by atoms with Crippen LogP contribution >= 0.6 is 0 Å². The van der Waals surface area contributed by atoms with E-state index in [1.165, 1.54) is 19.6 Å². The number of hydrogen-bond acceptors (Lipinski definition) is 6. The number of benzene rings is 2. The molecular weight excluding hydrogens is 565 g/mol. The molecule has 0 amide bonds. The van der Waals surface area contributed by atoms with Crippen LogP contribution in [-0.4, -0.2) is 75.2 Å². The van der Waals surface area contributed by atoms with E-state index in [2.05, 4.69) is 15.9 Å². The van der Waals surface area contributed by atoms with Gasteiger partial charge in [-0.1, -0.05) is 18.6 Å². The van der Waals surface area contributed by atoms with Gasteiger partial charge < -0.3 is 19.4 Å². The largest absolute Gasteiger partial charge is 0.469 e. The lowest BCUT2D eigenvalue weighted by Crippen LogP contribution is -2.58. The van der Waals surface area contributed by atoms with Gasteiger partial charge in [-0.15, -0.1) is 0 Å². The van der Waals surface area contributed by atoms with Crippen LogP contribution in [0.25, 0.3) is 0 Å². The van der Waals surface area contributed by atoms with E-state index in [9.17, 15) is 18.0 Å². The zero-order chi connectivity index (χ0) is 30.8. The summed E-state index contributed by atoms with van der Waals surface area (Å²) in [5, 5.41) is 8.99. The topological polar surface area (TPSA) is 59.8 Å². The molecule has 4 aliphatic rings. The number of ether oxygens (including phenoxy) is 1. The molecule has 2 aromatic rings. The molecule has 3 atom stereocenters. The van der Waals surface area contributed by atoms with Crippen LogP contribution in [0, 0.1) is 52.5 Å². The number of hydrogen-bond donors (Lipinski definition) is 0. The van der Waals surface area contributed by atoms with Gasteiger partial charge in [0.2, 0.25) is 0 Å². The Hall–Kier alpha value is -3.09. The predicted molar refractivity (Wildman–Crippen MR) is 163 cm³/mol. The van der Waals surface area contributed by atoms with Crippen LogP contribution < -0.4 is 4.90 Å². The van der Waals surface area contributed by atoms with Crippen molar-refractivity contribution in [3.8, 4) is 6.07 Å². The van der Waals surface area contributed by atoms with Crippen molar-refractivity contribution in [3.63, 3.8) is 0 Å². The first kappa shape index (κ1) is 30.9. The molecule has 0 bridgehead atoms. The van der Waals surface area contributed by atoms with Gasteiger partial charge in [0.05, 0.1) is 18.7 Å². The van der Waals surface area contributed by atoms with Crippen LogP contribution in [0.15, 0.2) is 36.4 Å². The molecule has 3 aliphatic heterocycles. The number of piperidine rings is 1. The Kier molecular flexibility index (Phi) is 9.21. The van der Waals surface area contributed by atoms with Gasteiger partial charge in [0, 0.05) is 43.9 Å². The molecule has 0 aromatic heterocycles. The summed E-state index contributed by atoms with van der Waals surface area (Å²) < 4.78 is 49.1. The minimum absolute atomic E-state index is 0.0126.